The van der Waals surface area contributed by atoms with Crippen LogP contribution < -0.4 is 10.2 Å². The van der Waals surface area contributed by atoms with Crippen molar-refractivity contribution in [2.24, 2.45) is 23.2 Å². The van der Waals surface area contributed by atoms with Gasteiger partial charge in [-0.3, -0.25) is 9.78 Å². The molecule has 6 fully saturated rings. The van der Waals surface area contributed by atoms with Gasteiger partial charge in [0.05, 0.1) is 11.5 Å². The zero-order valence-electron chi connectivity index (χ0n) is 19.9. The van der Waals surface area contributed by atoms with Crippen LogP contribution in [0, 0.1) is 23.2 Å². The van der Waals surface area contributed by atoms with Crippen molar-refractivity contribution in [3.8, 4) is 0 Å². The summed E-state index contributed by atoms with van der Waals surface area (Å²) >= 11 is 0. The van der Waals surface area contributed by atoms with Gasteiger partial charge in [0.1, 0.15) is 0 Å². The molecule has 6 aliphatic rings. The molecule has 4 aliphatic carbocycles. The number of aromatic nitrogens is 1. The third kappa shape index (κ3) is 3.93. The number of carbonyl (C=O) groups excluding carboxylic acids is 2. The van der Waals surface area contributed by atoms with E-state index in [1.54, 1.807) is 12.4 Å². The molecule has 0 spiro atoms. The lowest BCUT2D eigenvalue weighted by atomic mass is 9.48. The first-order chi connectivity index (χ1) is 16.5. The monoisotopic (exact) mass is 467 g/mol. The second-order valence-corrected chi connectivity index (χ2v) is 11.5. The molecule has 3 atom stereocenters. The Morgan fingerprint density at radius 1 is 0.971 bits per heavy atom. The number of piperidine rings is 1. The number of urea groups is 1. The molecule has 1 aromatic rings. The summed E-state index contributed by atoms with van der Waals surface area (Å²) < 4.78 is 0. The lowest BCUT2D eigenvalue weighted by molar-refractivity contribution is -0.163. The van der Waals surface area contributed by atoms with E-state index in [1.807, 2.05) is 21.9 Å². The maximum Gasteiger partial charge on any atom is 0.320 e. The Hall–Kier alpha value is -2.35. The molecule has 8 nitrogen and oxygen atoms in total. The van der Waals surface area contributed by atoms with Gasteiger partial charge in [0.15, 0.2) is 0 Å². The van der Waals surface area contributed by atoms with Crippen LogP contribution >= 0.6 is 0 Å². The number of piperazine rings is 1. The zero-order chi connectivity index (χ0) is 23.3. The second-order valence-electron chi connectivity index (χ2n) is 11.5. The van der Waals surface area contributed by atoms with Crippen LogP contribution in [0.2, 0.25) is 0 Å². The minimum absolute atomic E-state index is 0.0289. The number of anilines is 1. The van der Waals surface area contributed by atoms with Gasteiger partial charge in [0.2, 0.25) is 5.91 Å². The molecule has 4 bridgehead atoms. The maximum atomic E-state index is 13.5. The normalized spacial score (nSPS) is 37.1. The van der Waals surface area contributed by atoms with Crippen LogP contribution in [0.15, 0.2) is 24.5 Å². The average Bonchev–Trinajstić information content (AvgIpc) is 2.87. The van der Waals surface area contributed by atoms with Gasteiger partial charge >= 0.3 is 6.03 Å². The SMILES string of the molecule is O=C(N1CCN(c2ccncc2)CC1)N1CCC[C@H](NC(=O)C23CC4CC(C2)C(O)C(C4)C3)C1. The van der Waals surface area contributed by atoms with Gasteiger partial charge in [-0.15, -0.1) is 0 Å². The fourth-order valence-electron chi connectivity index (χ4n) is 7.79. The molecule has 3 amide bonds. The number of likely N-dealkylation sites (tertiary alicyclic amines) is 1. The highest BCUT2D eigenvalue weighted by atomic mass is 16.3. The highest BCUT2D eigenvalue weighted by Crippen LogP contribution is 2.60. The number of aliphatic hydroxyl groups excluding tert-OH is 1. The molecule has 3 heterocycles. The third-order valence-electron chi connectivity index (χ3n) is 9.31. The lowest BCUT2D eigenvalue weighted by Crippen LogP contribution is -2.61. The Morgan fingerprint density at radius 2 is 1.68 bits per heavy atom. The standard InChI is InChI=1S/C26H37N5O3/c32-23-19-12-18-13-20(23)16-26(14-18,15-19)24(33)28-21-2-1-7-31(17-21)25(34)30-10-8-29(9-11-30)22-3-5-27-6-4-22/h3-6,18-21,23,32H,1-2,7-17H2,(H,28,33)/t18?,19?,20?,21-,23?,26?/m0/s1. The van der Waals surface area contributed by atoms with E-state index in [9.17, 15) is 14.7 Å². The smallest absolute Gasteiger partial charge is 0.320 e. The number of hydrogen-bond donors (Lipinski definition) is 2. The summed E-state index contributed by atoms with van der Waals surface area (Å²) in [6.45, 7) is 4.43. The molecule has 184 valence electrons. The van der Waals surface area contributed by atoms with E-state index in [-0.39, 0.29) is 29.5 Å². The molecule has 34 heavy (non-hydrogen) atoms. The Kier molecular flexibility index (Phi) is 5.66. The Bertz CT molecular complexity index is 902. The predicted molar refractivity (Wildman–Crippen MR) is 128 cm³/mol. The van der Waals surface area contributed by atoms with Crippen molar-refractivity contribution < 1.29 is 14.7 Å². The van der Waals surface area contributed by atoms with Crippen LogP contribution in [-0.2, 0) is 4.79 Å². The van der Waals surface area contributed by atoms with E-state index in [0.717, 1.165) is 70.3 Å². The molecule has 2 aliphatic heterocycles. The van der Waals surface area contributed by atoms with E-state index in [4.69, 9.17) is 0 Å². The summed E-state index contributed by atoms with van der Waals surface area (Å²) in [6.07, 6.45) is 10.1. The summed E-state index contributed by atoms with van der Waals surface area (Å²) in [5.74, 6) is 1.38. The van der Waals surface area contributed by atoms with Crippen LogP contribution in [-0.4, -0.2) is 83.2 Å². The topological polar surface area (TPSA) is 89.0 Å². The van der Waals surface area contributed by atoms with Crippen LogP contribution in [0.3, 0.4) is 0 Å². The van der Waals surface area contributed by atoms with Crippen molar-refractivity contribution in [1.82, 2.24) is 20.1 Å². The number of nitrogens with zero attached hydrogens (tertiary/aromatic N) is 4. The number of pyridine rings is 1. The van der Waals surface area contributed by atoms with Crippen LogP contribution in [0.25, 0.3) is 0 Å². The molecule has 4 saturated carbocycles. The fourth-order valence-corrected chi connectivity index (χ4v) is 7.79. The number of carbonyl (C=O) groups is 2. The first-order valence-corrected chi connectivity index (χ1v) is 13.2. The number of amides is 3. The molecule has 0 aromatic carbocycles. The van der Waals surface area contributed by atoms with E-state index >= 15 is 0 Å². The molecule has 0 radical (unpaired) electrons. The van der Waals surface area contributed by atoms with Crippen molar-refractivity contribution >= 4 is 17.6 Å². The Labute approximate surface area is 201 Å². The van der Waals surface area contributed by atoms with Crippen molar-refractivity contribution in [2.45, 2.75) is 57.1 Å². The van der Waals surface area contributed by atoms with E-state index in [0.29, 0.717) is 37.4 Å². The van der Waals surface area contributed by atoms with E-state index in [2.05, 4.69) is 15.2 Å². The second kappa shape index (κ2) is 8.70. The highest BCUT2D eigenvalue weighted by Gasteiger charge is 2.58. The lowest BCUT2D eigenvalue weighted by Gasteiger charge is -2.58. The van der Waals surface area contributed by atoms with Crippen molar-refractivity contribution in [3.63, 3.8) is 0 Å². The predicted octanol–water partition coefficient (Wildman–Crippen LogP) is 2.09. The summed E-state index contributed by atoms with van der Waals surface area (Å²) in [4.78, 5) is 37.1. The molecule has 8 heteroatoms. The Balaban J connectivity index is 1.04. The average molecular weight is 468 g/mol. The van der Waals surface area contributed by atoms with Crippen LogP contribution in [0.1, 0.15) is 44.9 Å². The summed E-state index contributed by atoms with van der Waals surface area (Å²) in [5.41, 5.74) is 0.866. The minimum atomic E-state index is -0.286. The summed E-state index contributed by atoms with van der Waals surface area (Å²) in [6, 6.07) is 4.16. The van der Waals surface area contributed by atoms with Gasteiger partial charge in [0, 0.05) is 63.4 Å². The van der Waals surface area contributed by atoms with E-state index < -0.39 is 0 Å². The fraction of sp³-hybridized carbons (Fsp3) is 0.731. The first-order valence-electron chi connectivity index (χ1n) is 13.2. The number of nitrogens with one attached hydrogen (secondary N) is 1. The first kappa shape index (κ1) is 22.1. The minimum Gasteiger partial charge on any atom is -0.393 e. The molecule has 2 N–H and O–H groups in total. The maximum absolute atomic E-state index is 13.5. The third-order valence-corrected chi connectivity index (χ3v) is 9.31. The van der Waals surface area contributed by atoms with Gasteiger partial charge in [-0.1, -0.05) is 0 Å². The number of hydrogen-bond acceptors (Lipinski definition) is 5. The molecule has 7 rings (SSSR count). The van der Waals surface area contributed by atoms with Gasteiger partial charge in [-0.25, -0.2) is 4.79 Å². The highest BCUT2D eigenvalue weighted by molar-refractivity contribution is 5.83. The zero-order valence-corrected chi connectivity index (χ0v) is 19.9. The van der Waals surface area contributed by atoms with Gasteiger partial charge in [-0.05, 0) is 74.8 Å². The molecule has 2 unspecified atom stereocenters. The largest absolute Gasteiger partial charge is 0.393 e. The quantitative estimate of drug-likeness (QED) is 0.711. The van der Waals surface area contributed by atoms with Crippen molar-refractivity contribution in [3.05, 3.63) is 24.5 Å². The van der Waals surface area contributed by atoms with Gasteiger partial charge in [-0.2, -0.15) is 0 Å². The Morgan fingerprint density at radius 3 is 2.38 bits per heavy atom. The van der Waals surface area contributed by atoms with Gasteiger partial charge in [0.25, 0.3) is 0 Å². The van der Waals surface area contributed by atoms with Gasteiger partial charge < -0.3 is 25.1 Å². The van der Waals surface area contributed by atoms with Crippen LogP contribution in [0.5, 0.6) is 0 Å². The van der Waals surface area contributed by atoms with Crippen molar-refractivity contribution in [1.29, 1.82) is 0 Å². The van der Waals surface area contributed by atoms with Crippen LogP contribution in [0.4, 0.5) is 10.5 Å². The molecular weight excluding hydrogens is 430 g/mol. The molecule has 1 aromatic heterocycles. The summed E-state index contributed by atoms with van der Waals surface area (Å²) in [7, 11) is 0. The van der Waals surface area contributed by atoms with Crippen molar-refractivity contribution in [2.75, 3.05) is 44.2 Å². The molecule has 2 saturated heterocycles. The summed E-state index contributed by atoms with van der Waals surface area (Å²) in [5, 5.41) is 13.9. The number of aliphatic hydroxyl groups is 1. The number of rotatable bonds is 3. The molecular formula is C26H37N5O3. The van der Waals surface area contributed by atoms with E-state index in [1.165, 1.54) is 0 Å².